The number of ether oxygens (including phenoxy) is 6. The molecule has 3 aromatic rings. The Morgan fingerprint density at radius 2 is 1.68 bits per heavy atom. The van der Waals surface area contributed by atoms with Gasteiger partial charge >= 0.3 is 0 Å². The molecule has 0 N–H and O–H groups in total. The van der Waals surface area contributed by atoms with Gasteiger partial charge in [0.25, 0.3) is 0 Å². The van der Waals surface area contributed by atoms with Crippen LogP contribution in [0.25, 0.3) is 22.3 Å². The Kier molecular flexibility index (Phi) is 7.82. The third-order valence-electron chi connectivity index (χ3n) is 10.5. The summed E-state index contributed by atoms with van der Waals surface area (Å²) in [5.41, 5.74) is 2.20. The third-order valence-corrected chi connectivity index (χ3v) is 10.5. The van der Waals surface area contributed by atoms with E-state index < -0.39 is 17.7 Å². The maximum Gasteiger partial charge on any atom is 0.201 e. The minimum Gasteiger partial charge on any atom is -0.493 e. The van der Waals surface area contributed by atoms with Crippen molar-refractivity contribution in [2.24, 2.45) is 23.7 Å². The molecule has 1 saturated carbocycles. The van der Waals surface area contributed by atoms with Crippen LogP contribution < -0.4 is 14.2 Å². The fourth-order valence-electron chi connectivity index (χ4n) is 8.15. The van der Waals surface area contributed by atoms with Crippen LogP contribution >= 0.6 is 0 Å². The topological polar surface area (TPSA) is 87.0 Å². The maximum atomic E-state index is 6.58. The number of methoxy groups -OCH3 is 3. The number of rotatable bonds is 9. The SMILES string of the molecule is COc1ccc(-c2cc3cc(CCCO[C@H]4O[C@@H]5O[C@@]6(C)CC[C@H]7[C@H](C)CC[C@@H]([C@H]4C)[C@@]57OO6)cc(OC)c3o2)cc1OC. The fourth-order valence-corrected chi connectivity index (χ4v) is 8.15. The molecule has 0 radical (unpaired) electrons. The summed E-state index contributed by atoms with van der Waals surface area (Å²) in [6.07, 6.45) is 4.86. The van der Waals surface area contributed by atoms with E-state index in [4.69, 9.17) is 42.6 Å². The highest BCUT2D eigenvalue weighted by Gasteiger charge is 2.69. The van der Waals surface area contributed by atoms with Gasteiger partial charge in [0.1, 0.15) is 5.76 Å². The highest BCUT2D eigenvalue weighted by Crippen LogP contribution is 2.60. The molecule has 9 nitrogen and oxygen atoms in total. The first-order valence-corrected chi connectivity index (χ1v) is 15.9. The van der Waals surface area contributed by atoms with Crippen molar-refractivity contribution in [3.05, 3.63) is 42.0 Å². The molecule has 238 valence electrons. The van der Waals surface area contributed by atoms with Crippen LogP contribution in [0.1, 0.15) is 58.4 Å². The summed E-state index contributed by atoms with van der Waals surface area (Å²) in [6.45, 7) is 7.08. The van der Waals surface area contributed by atoms with E-state index in [0.717, 1.165) is 54.4 Å². The molecule has 1 aliphatic carbocycles. The quantitative estimate of drug-likeness (QED) is 0.184. The van der Waals surface area contributed by atoms with Crippen molar-refractivity contribution in [2.45, 2.75) is 83.3 Å². The van der Waals surface area contributed by atoms with E-state index >= 15 is 0 Å². The van der Waals surface area contributed by atoms with Crippen LogP contribution in [0.4, 0.5) is 0 Å². The van der Waals surface area contributed by atoms with Gasteiger partial charge in [0.05, 0.1) is 27.9 Å². The van der Waals surface area contributed by atoms with Crippen LogP contribution in [0.3, 0.4) is 0 Å². The predicted molar refractivity (Wildman–Crippen MR) is 162 cm³/mol. The lowest BCUT2D eigenvalue weighted by Crippen LogP contribution is -2.70. The largest absolute Gasteiger partial charge is 0.493 e. The Morgan fingerprint density at radius 3 is 2.48 bits per heavy atom. The fraction of sp³-hybridized carbons (Fsp3) is 0.600. The predicted octanol–water partition coefficient (Wildman–Crippen LogP) is 7.28. The summed E-state index contributed by atoms with van der Waals surface area (Å²) in [5, 5.41) is 0.983. The summed E-state index contributed by atoms with van der Waals surface area (Å²) < 4.78 is 42.3. The number of hydrogen-bond acceptors (Lipinski definition) is 9. The maximum absolute atomic E-state index is 6.58. The smallest absolute Gasteiger partial charge is 0.201 e. The van der Waals surface area contributed by atoms with Crippen molar-refractivity contribution in [3.8, 4) is 28.6 Å². The molecule has 2 bridgehead atoms. The van der Waals surface area contributed by atoms with E-state index in [1.54, 1.807) is 21.3 Å². The zero-order valence-corrected chi connectivity index (χ0v) is 26.6. The lowest BCUT2D eigenvalue weighted by atomic mass is 9.58. The van der Waals surface area contributed by atoms with Crippen LogP contribution in [0, 0.1) is 23.7 Å². The molecule has 1 spiro atoms. The summed E-state index contributed by atoms with van der Waals surface area (Å²) in [4.78, 5) is 12.2. The molecule has 4 saturated heterocycles. The van der Waals surface area contributed by atoms with Crippen molar-refractivity contribution < 1.29 is 42.6 Å². The van der Waals surface area contributed by atoms with E-state index in [9.17, 15) is 0 Å². The minimum atomic E-state index is -0.785. The van der Waals surface area contributed by atoms with Gasteiger partial charge in [-0.1, -0.05) is 13.8 Å². The van der Waals surface area contributed by atoms with E-state index in [1.807, 2.05) is 37.3 Å². The zero-order chi connectivity index (χ0) is 30.6. The average Bonchev–Trinajstić information content (AvgIpc) is 3.34. The number of aryl methyl sites for hydroxylation is 1. The van der Waals surface area contributed by atoms with E-state index in [2.05, 4.69) is 19.9 Å². The number of hydrogen-bond donors (Lipinski definition) is 0. The van der Waals surface area contributed by atoms with E-state index in [-0.39, 0.29) is 18.1 Å². The molecule has 8 atom stereocenters. The molecule has 1 aromatic heterocycles. The van der Waals surface area contributed by atoms with Gasteiger partial charge in [-0.3, -0.25) is 0 Å². The molecule has 9 heteroatoms. The number of fused-ring (bicyclic) bond motifs is 3. The molecule has 8 rings (SSSR count). The molecule has 4 aliphatic heterocycles. The normalized spacial score (nSPS) is 34.4. The number of furan rings is 1. The average molecular weight is 609 g/mol. The lowest BCUT2D eigenvalue weighted by molar-refractivity contribution is -0.577. The van der Waals surface area contributed by atoms with Crippen LogP contribution in [-0.4, -0.2) is 51.9 Å². The monoisotopic (exact) mass is 608 g/mol. The Labute approximate surface area is 258 Å². The molecule has 0 amide bonds. The standard InChI is InChI=1S/C35H44O9/c1-20-9-11-26-21(2)32(41-33-35(26)25(20)13-14-34(3,42-33)43-44-35)39-15-7-8-22-16-24-19-28(40-31(24)30(17-22)38-6)23-10-12-27(36-4)29(18-23)37-5/h10,12,16-21,25-26,32-33H,7-9,11,13-15H2,1-6H3/t20-,21-,25+,26+,32+,33-,34-,35-/m1/s1. The van der Waals surface area contributed by atoms with Crippen LogP contribution in [-0.2, 0) is 30.4 Å². The zero-order valence-electron chi connectivity index (χ0n) is 26.6. The first kappa shape index (κ1) is 29.9. The summed E-state index contributed by atoms with van der Waals surface area (Å²) in [7, 11) is 4.92. The Morgan fingerprint density at radius 1 is 0.864 bits per heavy atom. The molecule has 0 unspecified atom stereocenters. The van der Waals surface area contributed by atoms with Crippen molar-refractivity contribution in [1.29, 1.82) is 0 Å². The van der Waals surface area contributed by atoms with Crippen LogP contribution in [0.15, 0.2) is 40.8 Å². The number of benzene rings is 2. The summed E-state index contributed by atoms with van der Waals surface area (Å²) >= 11 is 0. The van der Waals surface area contributed by atoms with E-state index in [1.165, 1.54) is 6.42 Å². The Bertz CT molecular complexity index is 1500. The highest BCUT2D eigenvalue weighted by molar-refractivity contribution is 5.88. The first-order valence-electron chi connectivity index (χ1n) is 15.9. The molecule has 2 aromatic carbocycles. The molecule has 44 heavy (non-hydrogen) atoms. The highest BCUT2D eigenvalue weighted by atomic mass is 17.3. The van der Waals surface area contributed by atoms with Gasteiger partial charge < -0.3 is 32.8 Å². The minimum absolute atomic E-state index is 0.160. The van der Waals surface area contributed by atoms with Crippen molar-refractivity contribution in [1.82, 2.24) is 0 Å². The van der Waals surface area contributed by atoms with Crippen LogP contribution in [0.2, 0.25) is 0 Å². The van der Waals surface area contributed by atoms with Gasteiger partial charge in [-0.05, 0) is 92.8 Å². The molecule has 5 heterocycles. The van der Waals surface area contributed by atoms with Crippen molar-refractivity contribution in [2.75, 3.05) is 27.9 Å². The van der Waals surface area contributed by atoms with Gasteiger partial charge in [0.2, 0.25) is 5.79 Å². The summed E-state index contributed by atoms with van der Waals surface area (Å²) in [6, 6.07) is 12.0. The second-order valence-electron chi connectivity index (χ2n) is 13.1. The molecular weight excluding hydrogens is 564 g/mol. The Hall–Kier alpha value is -2.82. The molecular formula is C35H44O9. The molecule has 5 fully saturated rings. The first-order chi connectivity index (χ1) is 21.3. The van der Waals surface area contributed by atoms with Crippen LogP contribution in [0.5, 0.6) is 17.2 Å². The van der Waals surface area contributed by atoms with Gasteiger partial charge in [-0.25, -0.2) is 9.78 Å². The second kappa shape index (κ2) is 11.5. The van der Waals surface area contributed by atoms with Crippen molar-refractivity contribution in [3.63, 3.8) is 0 Å². The van der Waals surface area contributed by atoms with Gasteiger partial charge in [-0.2, -0.15) is 0 Å². The van der Waals surface area contributed by atoms with Crippen molar-refractivity contribution >= 4 is 11.0 Å². The third kappa shape index (κ3) is 4.88. The van der Waals surface area contributed by atoms with Gasteiger partial charge in [-0.15, -0.1) is 0 Å². The Balaban J connectivity index is 1.03. The van der Waals surface area contributed by atoms with Gasteiger partial charge in [0, 0.05) is 29.2 Å². The summed E-state index contributed by atoms with van der Waals surface area (Å²) in [5.74, 6) is 3.27. The lowest BCUT2D eigenvalue weighted by Gasteiger charge is -2.60. The molecule has 5 aliphatic rings. The van der Waals surface area contributed by atoms with E-state index in [0.29, 0.717) is 41.3 Å². The second-order valence-corrected chi connectivity index (χ2v) is 13.1. The van der Waals surface area contributed by atoms with Gasteiger partial charge in [0.15, 0.2) is 41.0 Å².